The van der Waals surface area contributed by atoms with E-state index in [4.69, 9.17) is 9.47 Å². The van der Waals surface area contributed by atoms with Gasteiger partial charge in [-0.25, -0.2) is 0 Å². The first-order valence-corrected chi connectivity index (χ1v) is 9.22. The summed E-state index contributed by atoms with van der Waals surface area (Å²) < 4.78 is 12.2. The number of carbonyl (C=O) groups is 1. The Morgan fingerprint density at radius 1 is 1.08 bits per heavy atom. The van der Waals surface area contributed by atoms with Gasteiger partial charge in [0, 0.05) is 11.3 Å². The van der Waals surface area contributed by atoms with E-state index in [1.54, 1.807) is 18.2 Å². The van der Waals surface area contributed by atoms with Gasteiger partial charge in [0.15, 0.2) is 0 Å². The van der Waals surface area contributed by atoms with Crippen LogP contribution in [0.2, 0.25) is 0 Å². The lowest BCUT2D eigenvalue weighted by molar-refractivity contribution is 0.102. The van der Waals surface area contributed by atoms with Gasteiger partial charge in [-0.05, 0) is 85.6 Å². The number of hydrogen-bond acceptors (Lipinski definition) is 3. The summed E-state index contributed by atoms with van der Waals surface area (Å²) in [7, 11) is 0. The molecule has 0 bridgehead atoms. The second-order valence-electron chi connectivity index (χ2n) is 6.13. The van der Waals surface area contributed by atoms with E-state index in [1.165, 1.54) is 0 Å². The van der Waals surface area contributed by atoms with Crippen LogP contribution >= 0.6 is 15.9 Å². The normalized spacial score (nSPS) is 11.9. The third-order valence-corrected chi connectivity index (χ3v) is 4.20. The van der Waals surface area contributed by atoms with Crippen molar-refractivity contribution >= 4 is 27.5 Å². The number of ether oxygens (including phenoxy) is 2. The molecule has 0 saturated carbocycles. The molecule has 1 amide bonds. The summed E-state index contributed by atoms with van der Waals surface area (Å²) in [5.41, 5.74) is 1.28. The molecule has 2 aromatic carbocycles. The van der Waals surface area contributed by atoms with E-state index < -0.39 is 0 Å². The molecule has 0 heterocycles. The molecule has 5 heteroatoms. The number of amides is 1. The van der Waals surface area contributed by atoms with Crippen LogP contribution in [0.5, 0.6) is 11.5 Å². The topological polar surface area (TPSA) is 47.6 Å². The number of nitrogens with one attached hydrogen (secondary N) is 1. The molecule has 0 fully saturated rings. The number of rotatable bonds is 7. The Morgan fingerprint density at radius 3 is 2.32 bits per heavy atom. The van der Waals surface area contributed by atoms with Gasteiger partial charge in [-0.2, -0.15) is 0 Å². The molecule has 0 aliphatic rings. The van der Waals surface area contributed by atoms with Crippen molar-refractivity contribution in [2.45, 2.75) is 46.3 Å². The molecule has 4 nitrogen and oxygen atoms in total. The van der Waals surface area contributed by atoms with Crippen molar-refractivity contribution in [2.75, 3.05) is 5.32 Å². The van der Waals surface area contributed by atoms with Crippen LogP contribution in [0.15, 0.2) is 46.9 Å². The van der Waals surface area contributed by atoms with E-state index in [9.17, 15) is 4.79 Å². The fourth-order valence-electron chi connectivity index (χ4n) is 2.13. The van der Waals surface area contributed by atoms with Crippen LogP contribution in [0.3, 0.4) is 0 Å². The first-order valence-electron chi connectivity index (χ1n) is 8.43. The van der Waals surface area contributed by atoms with Crippen LogP contribution in [-0.4, -0.2) is 18.1 Å². The van der Waals surface area contributed by atoms with Gasteiger partial charge in [0.25, 0.3) is 5.91 Å². The van der Waals surface area contributed by atoms with Gasteiger partial charge in [0.2, 0.25) is 0 Å². The monoisotopic (exact) mass is 405 g/mol. The molecule has 134 valence electrons. The Kier molecular flexibility index (Phi) is 6.88. The van der Waals surface area contributed by atoms with Crippen molar-refractivity contribution in [3.63, 3.8) is 0 Å². The molecule has 0 aliphatic heterocycles. The molecule has 1 unspecified atom stereocenters. The molecular weight excluding hydrogens is 382 g/mol. The largest absolute Gasteiger partial charge is 0.491 e. The summed E-state index contributed by atoms with van der Waals surface area (Å²) in [4.78, 5) is 12.4. The number of anilines is 1. The van der Waals surface area contributed by atoms with Crippen LogP contribution < -0.4 is 14.8 Å². The third-order valence-electron chi connectivity index (χ3n) is 3.58. The first-order chi connectivity index (χ1) is 11.9. The SMILES string of the molecule is CCC(C)Oc1ccc(NC(=O)c2ccc(OC(C)C)c(Br)c2)cc1. The molecular formula is C20H24BrNO3. The molecule has 0 saturated heterocycles. The smallest absolute Gasteiger partial charge is 0.255 e. The van der Waals surface area contributed by atoms with Gasteiger partial charge in [-0.3, -0.25) is 4.79 Å². The summed E-state index contributed by atoms with van der Waals surface area (Å²) in [6.07, 6.45) is 1.20. The molecule has 1 N–H and O–H groups in total. The lowest BCUT2D eigenvalue weighted by atomic mass is 10.2. The zero-order valence-corrected chi connectivity index (χ0v) is 16.6. The average molecular weight is 406 g/mol. The van der Waals surface area contributed by atoms with Crippen LogP contribution in [0.4, 0.5) is 5.69 Å². The predicted octanol–water partition coefficient (Wildman–Crippen LogP) is 5.67. The highest BCUT2D eigenvalue weighted by Gasteiger charge is 2.11. The molecule has 25 heavy (non-hydrogen) atoms. The van der Waals surface area contributed by atoms with Gasteiger partial charge in [0.1, 0.15) is 11.5 Å². The number of hydrogen-bond donors (Lipinski definition) is 1. The van der Waals surface area contributed by atoms with E-state index in [0.29, 0.717) is 5.56 Å². The quantitative estimate of drug-likeness (QED) is 0.645. The van der Waals surface area contributed by atoms with Gasteiger partial charge in [0.05, 0.1) is 16.7 Å². The summed E-state index contributed by atoms with van der Waals surface area (Å²) in [6, 6.07) is 12.7. The zero-order valence-electron chi connectivity index (χ0n) is 15.0. The van der Waals surface area contributed by atoms with Gasteiger partial charge >= 0.3 is 0 Å². The van der Waals surface area contributed by atoms with E-state index in [2.05, 4.69) is 28.2 Å². The van der Waals surface area contributed by atoms with Crippen molar-refractivity contribution in [1.82, 2.24) is 0 Å². The molecule has 0 aromatic heterocycles. The summed E-state index contributed by atoms with van der Waals surface area (Å²) in [5, 5.41) is 2.88. The third kappa shape index (κ3) is 5.78. The Morgan fingerprint density at radius 2 is 1.76 bits per heavy atom. The lowest BCUT2D eigenvalue weighted by Crippen LogP contribution is -2.13. The molecule has 2 rings (SSSR count). The van der Waals surface area contributed by atoms with Crippen molar-refractivity contribution in [1.29, 1.82) is 0 Å². The van der Waals surface area contributed by atoms with E-state index >= 15 is 0 Å². The van der Waals surface area contributed by atoms with Crippen LogP contribution in [0, 0.1) is 0 Å². The van der Waals surface area contributed by atoms with Gasteiger partial charge in [-0.15, -0.1) is 0 Å². The zero-order chi connectivity index (χ0) is 18.4. The fraction of sp³-hybridized carbons (Fsp3) is 0.350. The van der Waals surface area contributed by atoms with Crippen molar-refractivity contribution in [3.05, 3.63) is 52.5 Å². The van der Waals surface area contributed by atoms with E-state index in [0.717, 1.165) is 28.1 Å². The molecule has 1 atom stereocenters. The average Bonchev–Trinajstić information content (AvgIpc) is 2.57. The fourth-order valence-corrected chi connectivity index (χ4v) is 2.60. The Labute approximate surface area is 157 Å². The lowest BCUT2D eigenvalue weighted by Gasteiger charge is -2.14. The Bertz CT molecular complexity index is 713. The van der Waals surface area contributed by atoms with E-state index in [1.807, 2.05) is 45.0 Å². The minimum absolute atomic E-state index is 0.0761. The van der Waals surface area contributed by atoms with Gasteiger partial charge < -0.3 is 14.8 Å². The summed E-state index contributed by atoms with van der Waals surface area (Å²) in [6.45, 7) is 8.03. The van der Waals surface area contributed by atoms with Crippen LogP contribution in [-0.2, 0) is 0 Å². The molecule has 2 aromatic rings. The van der Waals surface area contributed by atoms with Crippen LogP contribution in [0.1, 0.15) is 44.5 Å². The molecule has 0 spiro atoms. The highest BCUT2D eigenvalue weighted by atomic mass is 79.9. The highest BCUT2D eigenvalue weighted by Crippen LogP contribution is 2.27. The Balaban J connectivity index is 2.03. The standard InChI is InChI=1S/C20H24BrNO3/c1-5-14(4)25-17-9-7-16(8-10-17)22-20(23)15-6-11-19(18(21)12-15)24-13(2)3/h6-14H,5H2,1-4H3,(H,22,23). The minimum atomic E-state index is -0.174. The number of benzene rings is 2. The number of carbonyl (C=O) groups excluding carboxylic acids is 1. The van der Waals surface area contributed by atoms with Crippen molar-refractivity contribution < 1.29 is 14.3 Å². The van der Waals surface area contributed by atoms with Crippen LogP contribution in [0.25, 0.3) is 0 Å². The summed E-state index contributed by atoms with van der Waals surface area (Å²) in [5.74, 6) is 1.34. The maximum atomic E-state index is 12.4. The second kappa shape index (κ2) is 8.90. The van der Waals surface area contributed by atoms with Crippen molar-refractivity contribution in [2.24, 2.45) is 0 Å². The maximum absolute atomic E-state index is 12.4. The van der Waals surface area contributed by atoms with Gasteiger partial charge in [-0.1, -0.05) is 6.92 Å². The number of halogens is 1. The van der Waals surface area contributed by atoms with Crippen molar-refractivity contribution in [3.8, 4) is 11.5 Å². The second-order valence-corrected chi connectivity index (χ2v) is 6.98. The Hall–Kier alpha value is -2.01. The predicted molar refractivity (Wildman–Crippen MR) is 105 cm³/mol. The minimum Gasteiger partial charge on any atom is -0.491 e. The maximum Gasteiger partial charge on any atom is 0.255 e. The summed E-state index contributed by atoms with van der Waals surface area (Å²) >= 11 is 3.45. The molecule has 0 aliphatic carbocycles. The first kappa shape index (κ1) is 19.3. The highest BCUT2D eigenvalue weighted by molar-refractivity contribution is 9.10. The molecule has 0 radical (unpaired) electrons. The van der Waals surface area contributed by atoms with E-state index in [-0.39, 0.29) is 18.1 Å².